The molecule has 12 heteroatoms. The van der Waals surface area contributed by atoms with Gasteiger partial charge in [0.25, 0.3) is 11.5 Å². The molecule has 0 atom stereocenters. The van der Waals surface area contributed by atoms with Gasteiger partial charge in [-0.3, -0.25) is 14.6 Å². The van der Waals surface area contributed by atoms with E-state index in [1.54, 1.807) is 30.3 Å². The van der Waals surface area contributed by atoms with Crippen LogP contribution in [0.4, 0.5) is 5.82 Å². The molecule has 36 heavy (non-hydrogen) atoms. The van der Waals surface area contributed by atoms with Gasteiger partial charge in [0.05, 0.1) is 21.3 Å². The highest BCUT2D eigenvalue weighted by Crippen LogP contribution is 2.37. The van der Waals surface area contributed by atoms with Crippen LogP contribution in [0.15, 0.2) is 63.4 Å². The number of carbonyl (C=O) groups excluding carboxylic acids is 1. The van der Waals surface area contributed by atoms with Crippen molar-refractivity contribution in [3.8, 4) is 11.4 Å². The molecular weight excluding hydrogens is 529 g/mol. The topological polar surface area (TPSA) is 132 Å². The first-order valence-corrected chi connectivity index (χ1v) is 11.7. The van der Waals surface area contributed by atoms with E-state index in [1.165, 1.54) is 19.2 Å². The van der Waals surface area contributed by atoms with Gasteiger partial charge >= 0.3 is 5.69 Å². The fourth-order valence-electron chi connectivity index (χ4n) is 3.08. The predicted octanol–water partition coefficient (Wildman–Crippen LogP) is 4.36. The summed E-state index contributed by atoms with van der Waals surface area (Å²) in [6, 6.07) is 9.62. The van der Waals surface area contributed by atoms with E-state index in [1.807, 2.05) is 13.8 Å². The highest BCUT2D eigenvalue weighted by Gasteiger charge is 2.18. The summed E-state index contributed by atoms with van der Waals surface area (Å²) < 4.78 is 6.96. The van der Waals surface area contributed by atoms with Crippen molar-refractivity contribution in [1.82, 2.24) is 20.1 Å². The number of aromatic nitrogens is 3. The highest BCUT2D eigenvalue weighted by atomic mass is 35.5. The first-order chi connectivity index (χ1) is 17.0. The van der Waals surface area contributed by atoms with E-state index in [9.17, 15) is 14.4 Å². The number of nitrogen functional groups attached to an aromatic ring is 1. The summed E-state index contributed by atoms with van der Waals surface area (Å²) in [7, 11) is 1.52. The average Bonchev–Trinajstić information content (AvgIpc) is 2.84. The number of ether oxygens (including phenoxy) is 1. The Balaban J connectivity index is 2.11. The molecule has 0 aliphatic heterocycles. The third kappa shape index (κ3) is 5.99. The predicted molar refractivity (Wildman–Crippen MR) is 142 cm³/mol. The van der Waals surface area contributed by atoms with E-state index in [4.69, 9.17) is 45.3 Å². The number of likely N-dealkylation sites (N-methyl/N-ethyl adjacent to an activating group) is 1. The van der Waals surface area contributed by atoms with Gasteiger partial charge in [0.2, 0.25) is 5.82 Å². The second-order valence-electron chi connectivity index (χ2n) is 7.54. The van der Waals surface area contributed by atoms with E-state index in [2.05, 4.69) is 15.4 Å². The van der Waals surface area contributed by atoms with Crippen LogP contribution in [-0.4, -0.2) is 27.7 Å². The maximum Gasteiger partial charge on any atom is 0.349 e. The zero-order chi connectivity index (χ0) is 26.6. The Bertz CT molecular complexity index is 1490. The maximum absolute atomic E-state index is 12.7. The molecule has 0 bridgehead atoms. The van der Waals surface area contributed by atoms with Crippen molar-refractivity contribution in [3.63, 3.8) is 0 Å². The Labute approximate surface area is 221 Å². The third-order valence-electron chi connectivity index (χ3n) is 5.13. The van der Waals surface area contributed by atoms with Crippen LogP contribution in [-0.2, 0) is 4.79 Å². The van der Waals surface area contributed by atoms with Crippen LogP contribution in [0.1, 0.15) is 25.8 Å². The standard InChI is InChI=1S/C24H22Cl3N5O4/c1-4-12(2)19(11-16(22(33)29-3)13-6-5-7-14(25)8-13)36-20-17(26)9-15(10-18(20)27)32-24(35)30-23(34)21(28)31-32/h5-11H,4H2,1-3H3,(H2,28,31)(H,29,33)(H,30,34,35)/b16-11-,19-12?. The molecule has 9 nitrogen and oxygen atoms in total. The Morgan fingerprint density at radius 3 is 2.44 bits per heavy atom. The van der Waals surface area contributed by atoms with E-state index in [0.29, 0.717) is 28.3 Å². The minimum Gasteiger partial charge on any atom is -0.454 e. The van der Waals surface area contributed by atoms with Gasteiger partial charge < -0.3 is 15.8 Å². The Morgan fingerprint density at radius 1 is 1.19 bits per heavy atom. The monoisotopic (exact) mass is 549 g/mol. The van der Waals surface area contributed by atoms with Crippen LogP contribution in [0.5, 0.6) is 5.75 Å². The number of benzene rings is 2. The van der Waals surface area contributed by atoms with Gasteiger partial charge in [-0.05, 0) is 54.8 Å². The molecule has 0 aliphatic carbocycles. The number of carbonyl (C=O) groups is 1. The van der Waals surface area contributed by atoms with Crippen molar-refractivity contribution in [2.24, 2.45) is 0 Å². The summed E-state index contributed by atoms with van der Waals surface area (Å²) in [6.45, 7) is 3.77. The summed E-state index contributed by atoms with van der Waals surface area (Å²) >= 11 is 19.1. The molecule has 0 aliphatic rings. The quantitative estimate of drug-likeness (QED) is 0.228. The van der Waals surface area contributed by atoms with E-state index in [-0.39, 0.29) is 27.4 Å². The molecule has 1 amide bonds. The van der Waals surface area contributed by atoms with Crippen molar-refractivity contribution in [3.05, 3.63) is 95.3 Å². The lowest BCUT2D eigenvalue weighted by molar-refractivity contribution is -0.115. The molecule has 0 radical (unpaired) electrons. The molecule has 0 unspecified atom stereocenters. The summed E-state index contributed by atoms with van der Waals surface area (Å²) in [4.78, 5) is 38.5. The molecule has 2 aromatic carbocycles. The molecule has 1 heterocycles. The van der Waals surface area contributed by atoms with Crippen molar-refractivity contribution < 1.29 is 9.53 Å². The number of halogens is 3. The number of nitrogens with one attached hydrogen (secondary N) is 2. The fraction of sp³-hybridized carbons (Fsp3) is 0.167. The first kappa shape index (κ1) is 27.1. The minimum absolute atomic E-state index is 0.0509. The number of amides is 1. The zero-order valence-corrected chi connectivity index (χ0v) is 21.8. The number of aromatic amines is 1. The second kappa shape index (κ2) is 11.5. The SMILES string of the molecule is CCC(C)=C(/C=C(\C(=O)NC)c1cccc(Cl)c1)Oc1c(Cl)cc(-n2nc(N)c(=O)[nH]c2=O)cc1Cl. The average molecular weight is 551 g/mol. The molecule has 0 saturated heterocycles. The number of anilines is 1. The summed E-state index contributed by atoms with van der Waals surface area (Å²) in [5.41, 5.74) is 5.75. The van der Waals surface area contributed by atoms with Gasteiger partial charge in [-0.1, -0.05) is 53.9 Å². The van der Waals surface area contributed by atoms with Gasteiger partial charge in [0.1, 0.15) is 5.76 Å². The van der Waals surface area contributed by atoms with Gasteiger partial charge in [-0.25, -0.2) is 4.79 Å². The number of allylic oxidation sites excluding steroid dienone is 2. The highest BCUT2D eigenvalue weighted by molar-refractivity contribution is 6.37. The van der Waals surface area contributed by atoms with Crippen LogP contribution >= 0.6 is 34.8 Å². The molecule has 4 N–H and O–H groups in total. The van der Waals surface area contributed by atoms with Crippen molar-refractivity contribution >= 4 is 52.1 Å². The zero-order valence-electron chi connectivity index (χ0n) is 19.5. The number of hydrogen-bond donors (Lipinski definition) is 3. The normalized spacial score (nSPS) is 12.2. The van der Waals surface area contributed by atoms with Crippen LogP contribution < -0.4 is 27.0 Å². The first-order valence-electron chi connectivity index (χ1n) is 10.6. The lowest BCUT2D eigenvalue weighted by atomic mass is 10.0. The lowest BCUT2D eigenvalue weighted by Crippen LogP contribution is -2.33. The molecule has 188 valence electrons. The van der Waals surface area contributed by atoms with Gasteiger partial charge in [-0.15, -0.1) is 5.10 Å². The number of nitrogens with two attached hydrogens (primary N) is 1. The summed E-state index contributed by atoms with van der Waals surface area (Å²) in [5.74, 6) is -0.320. The van der Waals surface area contributed by atoms with Gasteiger partial charge in [0.15, 0.2) is 5.75 Å². The van der Waals surface area contributed by atoms with Crippen molar-refractivity contribution in [2.45, 2.75) is 20.3 Å². The van der Waals surface area contributed by atoms with Crippen molar-refractivity contribution in [1.29, 1.82) is 0 Å². The minimum atomic E-state index is -0.822. The summed E-state index contributed by atoms with van der Waals surface area (Å²) in [6.07, 6.45) is 2.18. The molecule has 3 aromatic rings. The van der Waals surface area contributed by atoms with E-state index in [0.717, 1.165) is 10.3 Å². The number of rotatable bonds is 7. The molecule has 0 fully saturated rings. The Hall–Kier alpha value is -3.53. The molecule has 0 saturated carbocycles. The van der Waals surface area contributed by atoms with Crippen LogP contribution in [0.2, 0.25) is 15.1 Å². The van der Waals surface area contributed by atoms with Gasteiger partial charge in [-0.2, -0.15) is 4.68 Å². The second-order valence-corrected chi connectivity index (χ2v) is 8.79. The van der Waals surface area contributed by atoms with Gasteiger partial charge in [0, 0.05) is 12.1 Å². The van der Waals surface area contributed by atoms with E-state index >= 15 is 0 Å². The molecule has 0 spiro atoms. The molecule has 1 aromatic heterocycles. The Morgan fingerprint density at radius 2 is 1.86 bits per heavy atom. The number of hydrogen-bond acceptors (Lipinski definition) is 6. The van der Waals surface area contributed by atoms with E-state index < -0.39 is 17.1 Å². The summed E-state index contributed by atoms with van der Waals surface area (Å²) in [5, 5.41) is 6.96. The van der Waals surface area contributed by atoms with Crippen LogP contribution in [0, 0.1) is 0 Å². The number of nitrogens with zero attached hydrogens (tertiary/aromatic N) is 2. The fourth-order valence-corrected chi connectivity index (χ4v) is 3.82. The van der Waals surface area contributed by atoms with Crippen molar-refractivity contribution in [2.75, 3.05) is 12.8 Å². The molecular formula is C24H22Cl3N5O4. The third-order valence-corrected chi connectivity index (χ3v) is 5.92. The largest absolute Gasteiger partial charge is 0.454 e. The lowest BCUT2D eigenvalue weighted by Gasteiger charge is -2.16. The van der Waals surface area contributed by atoms with Crippen LogP contribution in [0.25, 0.3) is 11.3 Å². The Kier molecular flexibility index (Phi) is 8.62. The smallest absolute Gasteiger partial charge is 0.349 e. The maximum atomic E-state index is 12.7. The molecule has 3 rings (SSSR count). The number of H-pyrrole nitrogens is 1. The van der Waals surface area contributed by atoms with Crippen LogP contribution in [0.3, 0.4) is 0 Å².